The van der Waals surface area contributed by atoms with Crippen molar-refractivity contribution in [2.45, 2.75) is 13.5 Å². The first-order valence-electron chi connectivity index (χ1n) is 5.66. The number of nitro benzene ring substituents is 1. The van der Waals surface area contributed by atoms with Crippen LogP contribution in [0.4, 0.5) is 5.69 Å². The lowest BCUT2D eigenvalue weighted by molar-refractivity contribution is -0.386. The van der Waals surface area contributed by atoms with Crippen LogP contribution in [0.3, 0.4) is 0 Å². The molecule has 1 heterocycles. The van der Waals surface area contributed by atoms with Crippen molar-refractivity contribution < 1.29 is 24.0 Å². The molecule has 0 saturated heterocycles. The smallest absolute Gasteiger partial charge is 0.338 e. The van der Waals surface area contributed by atoms with Gasteiger partial charge in [-0.25, -0.2) is 4.79 Å². The third-order valence-corrected chi connectivity index (χ3v) is 2.65. The summed E-state index contributed by atoms with van der Waals surface area (Å²) in [6.07, 6.45) is 1.09. The van der Waals surface area contributed by atoms with Gasteiger partial charge < -0.3 is 14.3 Å². The molecular weight excluding hydrogens is 266 g/mol. The van der Waals surface area contributed by atoms with Gasteiger partial charge in [-0.2, -0.15) is 0 Å². The number of nitrogens with zero attached hydrogens (tertiary/aromatic N) is 1. The highest BCUT2D eigenvalue weighted by molar-refractivity contribution is 5.87. The zero-order valence-corrected chi connectivity index (χ0v) is 10.5. The van der Waals surface area contributed by atoms with Crippen LogP contribution in [-0.2, 0) is 6.61 Å². The number of furan rings is 1. The number of benzene rings is 1. The molecule has 0 bridgehead atoms. The van der Waals surface area contributed by atoms with Gasteiger partial charge in [0, 0.05) is 5.56 Å². The molecule has 1 N–H and O–H groups in total. The van der Waals surface area contributed by atoms with E-state index >= 15 is 0 Å². The molecule has 2 aromatic rings. The minimum Gasteiger partial charge on any atom is -0.479 e. The van der Waals surface area contributed by atoms with Crippen LogP contribution in [0.1, 0.15) is 21.7 Å². The molecule has 104 valence electrons. The van der Waals surface area contributed by atoms with E-state index < -0.39 is 10.9 Å². The lowest BCUT2D eigenvalue weighted by Crippen LogP contribution is -2.00. The summed E-state index contributed by atoms with van der Waals surface area (Å²) in [6, 6.07) is 6.04. The van der Waals surface area contributed by atoms with Crippen LogP contribution in [0, 0.1) is 17.0 Å². The monoisotopic (exact) mass is 277 g/mol. The van der Waals surface area contributed by atoms with Crippen molar-refractivity contribution >= 4 is 11.7 Å². The van der Waals surface area contributed by atoms with Crippen molar-refractivity contribution in [2.24, 2.45) is 0 Å². The number of carboxylic acid groups (broad SMARTS) is 1. The molecule has 0 aliphatic heterocycles. The molecule has 1 aromatic heterocycles. The lowest BCUT2D eigenvalue weighted by atomic mass is 10.2. The van der Waals surface area contributed by atoms with Crippen LogP contribution >= 0.6 is 0 Å². The number of hydrogen-bond acceptors (Lipinski definition) is 5. The molecule has 0 unspecified atom stereocenters. The Balaban J connectivity index is 2.16. The molecule has 2 rings (SSSR count). The predicted octanol–water partition coefficient (Wildman–Crippen LogP) is 2.77. The van der Waals surface area contributed by atoms with E-state index in [0.29, 0.717) is 5.56 Å². The van der Waals surface area contributed by atoms with E-state index in [1.54, 1.807) is 19.1 Å². The summed E-state index contributed by atoms with van der Waals surface area (Å²) in [5, 5.41) is 19.7. The topological polar surface area (TPSA) is 103 Å². The minimum absolute atomic E-state index is 0.00217. The normalized spacial score (nSPS) is 10.2. The fourth-order valence-electron chi connectivity index (χ4n) is 1.70. The number of ether oxygens (including phenoxy) is 1. The molecule has 0 spiro atoms. The van der Waals surface area contributed by atoms with E-state index in [4.69, 9.17) is 14.3 Å². The molecule has 7 nitrogen and oxygen atoms in total. The maximum absolute atomic E-state index is 11.0. The van der Waals surface area contributed by atoms with Crippen molar-refractivity contribution in [3.63, 3.8) is 0 Å². The second-order valence-electron chi connectivity index (χ2n) is 4.07. The van der Waals surface area contributed by atoms with E-state index in [1.807, 2.05) is 0 Å². The van der Waals surface area contributed by atoms with Crippen molar-refractivity contribution in [2.75, 3.05) is 0 Å². The van der Waals surface area contributed by atoms with Crippen molar-refractivity contribution in [3.05, 3.63) is 57.5 Å². The summed E-state index contributed by atoms with van der Waals surface area (Å²) in [5.41, 5.74) is 0.373. The minimum atomic E-state index is -1.11. The van der Waals surface area contributed by atoms with Gasteiger partial charge in [-0.1, -0.05) is 12.1 Å². The lowest BCUT2D eigenvalue weighted by Gasteiger charge is -2.06. The van der Waals surface area contributed by atoms with E-state index in [9.17, 15) is 14.9 Å². The van der Waals surface area contributed by atoms with Gasteiger partial charge in [0.2, 0.25) is 0 Å². The fourth-order valence-corrected chi connectivity index (χ4v) is 1.70. The first-order valence-corrected chi connectivity index (χ1v) is 5.66. The molecule has 7 heteroatoms. The number of aryl methyl sites for hydroxylation is 1. The molecule has 0 aliphatic carbocycles. The predicted molar refractivity (Wildman–Crippen MR) is 67.8 cm³/mol. The third kappa shape index (κ3) is 2.77. The quantitative estimate of drug-likeness (QED) is 0.665. The van der Waals surface area contributed by atoms with Crippen LogP contribution < -0.4 is 4.74 Å². The Labute approximate surface area is 113 Å². The highest BCUT2D eigenvalue weighted by Gasteiger charge is 2.18. The summed E-state index contributed by atoms with van der Waals surface area (Å²) >= 11 is 0. The molecular formula is C13H11NO6. The summed E-state index contributed by atoms with van der Waals surface area (Å²) in [4.78, 5) is 21.1. The molecule has 0 radical (unpaired) electrons. The number of carbonyl (C=O) groups is 1. The van der Waals surface area contributed by atoms with Crippen LogP contribution in [0.25, 0.3) is 0 Å². The Morgan fingerprint density at radius 2 is 2.25 bits per heavy atom. The highest BCUT2D eigenvalue weighted by Crippen LogP contribution is 2.30. The Kier molecular flexibility index (Phi) is 3.69. The maximum Gasteiger partial charge on any atom is 0.338 e. The highest BCUT2D eigenvalue weighted by atomic mass is 16.6. The van der Waals surface area contributed by atoms with Gasteiger partial charge in [0.1, 0.15) is 18.6 Å². The van der Waals surface area contributed by atoms with Gasteiger partial charge in [-0.05, 0) is 19.1 Å². The van der Waals surface area contributed by atoms with E-state index in [1.165, 1.54) is 12.1 Å². The zero-order valence-electron chi connectivity index (χ0n) is 10.5. The van der Waals surface area contributed by atoms with Crippen molar-refractivity contribution in [1.29, 1.82) is 0 Å². The molecule has 0 fully saturated rings. The number of hydrogen-bond donors (Lipinski definition) is 1. The summed E-state index contributed by atoms with van der Waals surface area (Å²) in [7, 11) is 0. The van der Waals surface area contributed by atoms with Crippen LogP contribution in [0.15, 0.2) is 34.9 Å². The van der Waals surface area contributed by atoms with Gasteiger partial charge in [0.15, 0.2) is 5.75 Å². The van der Waals surface area contributed by atoms with Gasteiger partial charge in [-0.15, -0.1) is 0 Å². The SMILES string of the molecule is Cc1cccc(OCc2cc(C(=O)O)co2)c1[N+](=O)[O-]. The number of nitro groups is 1. The second kappa shape index (κ2) is 5.43. The molecule has 1 aromatic carbocycles. The summed E-state index contributed by atoms with van der Waals surface area (Å²) in [5.74, 6) is -0.719. The van der Waals surface area contributed by atoms with Gasteiger partial charge >= 0.3 is 11.7 Å². The number of carboxylic acids is 1. The summed E-state index contributed by atoms with van der Waals surface area (Å²) < 4.78 is 10.3. The van der Waals surface area contributed by atoms with Crippen LogP contribution in [-0.4, -0.2) is 16.0 Å². The first kappa shape index (κ1) is 13.6. The maximum atomic E-state index is 11.0. The molecule has 0 aliphatic rings. The zero-order chi connectivity index (χ0) is 14.7. The van der Waals surface area contributed by atoms with Gasteiger partial charge in [-0.3, -0.25) is 10.1 Å². The number of aromatic carboxylic acids is 1. The van der Waals surface area contributed by atoms with Crippen molar-refractivity contribution in [3.8, 4) is 5.75 Å². The van der Waals surface area contributed by atoms with E-state index in [0.717, 1.165) is 6.26 Å². The van der Waals surface area contributed by atoms with E-state index in [-0.39, 0.29) is 29.4 Å². The largest absolute Gasteiger partial charge is 0.479 e. The number of para-hydroxylation sites is 1. The average Bonchev–Trinajstić information content (AvgIpc) is 2.84. The number of rotatable bonds is 5. The first-order chi connectivity index (χ1) is 9.49. The Bertz CT molecular complexity index is 661. The van der Waals surface area contributed by atoms with Crippen LogP contribution in [0.5, 0.6) is 5.75 Å². The fraction of sp³-hybridized carbons (Fsp3) is 0.154. The second-order valence-corrected chi connectivity index (χ2v) is 4.07. The summed E-state index contributed by atoms with van der Waals surface area (Å²) in [6.45, 7) is 1.53. The van der Waals surface area contributed by atoms with E-state index in [2.05, 4.69) is 0 Å². The molecule has 20 heavy (non-hydrogen) atoms. The molecule has 0 atom stereocenters. The molecule has 0 saturated carbocycles. The van der Waals surface area contributed by atoms with Crippen LogP contribution in [0.2, 0.25) is 0 Å². The van der Waals surface area contributed by atoms with Crippen molar-refractivity contribution in [1.82, 2.24) is 0 Å². The van der Waals surface area contributed by atoms with Gasteiger partial charge in [0.25, 0.3) is 0 Å². The van der Waals surface area contributed by atoms with Gasteiger partial charge in [0.05, 0.1) is 10.5 Å². The Morgan fingerprint density at radius 1 is 1.50 bits per heavy atom. The average molecular weight is 277 g/mol. The standard InChI is InChI=1S/C13H11NO6/c1-8-3-2-4-11(12(8)14(17)18)20-7-10-5-9(6-19-10)13(15)16/h2-6H,7H2,1H3,(H,15,16). The Hall–Kier alpha value is -2.83. The molecule has 0 amide bonds. The third-order valence-electron chi connectivity index (χ3n) is 2.65. The Morgan fingerprint density at radius 3 is 2.85 bits per heavy atom.